The van der Waals surface area contributed by atoms with E-state index in [1.807, 2.05) is 6.07 Å². The van der Waals surface area contributed by atoms with Gasteiger partial charge in [-0.15, -0.1) is 7.26 Å². The third-order valence-electron chi connectivity index (χ3n) is 4.39. The second kappa shape index (κ2) is 14.1. The summed E-state index contributed by atoms with van der Waals surface area (Å²) in [5, 5.41) is 8.63. The molecule has 1 rings (SSSR count). The highest BCUT2D eigenvalue weighted by Crippen LogP contribution is 2.60. The van der Waals surface area contributed by atoms with E-state index >= 15 is 0 Å². The van der Waals surface area contributed by atoms with Crippen LogP contribution < -0.4 is 0 Å². The van der Waals surface area contributed by atoms with Crippen LogP contribution >= 0.6 is 7.26 Å². The lowest BCUT2D eigenvalue weighted by Crippen LogP contribution is -2.11. The molecule has 0 spiro atoms. The molecule has 1 nitrogen and oxygen atoms in total. The summed E-state index contributed by atoms with van der Waals surface area (Å²) < 4.78 is 0. The molecule has 129 valence electrons. The molecule has 0 bridgehead atoms. The van der Waals surface area contributed by atoms with Crippen molar-refractivity contribution >= 4 is 7.26 Å². The third-order valence-corrected chi connectivity index (χ3v) is 9.52. The van der Waals surface area contributed by atoms with Crippen LogP contribution in [0.25, 0.3) is 0 Å². The minimum Gasteiger partial charge on any atom is -0.508 e. The van der Waals surface area contributed by atoms with Crippen LogP contribution in [0, 0.1) is 0 Å². The van der Waals surface area contributed by atoms with E-state index in [1.165, 1.54) is 44.7 Å². The van der Waals surface area contributed by atoms with Crippen molar-refractivity contribution in [2.24, 2.45) is 0 Å². The number of unbranched alkanes of at least 4 members (excludes halogenated alkanes) is 3. The van der Waals surface area contributed by atoms with Crippen molar-refractivity contribution in [3.8, 4) is 5.75 Å². The first-order valence-corrected chi connectivity index (χ1v) is 11.8. The number of hydrogen-bond donors (Lipinski definition) is 1. The molecule has 2 heteroatoms. The number of phenols is 1. The molecule has 1 aromatic rings. The zero-order valence-corrected chi connectivity index (χ0v) is 16.2. The van der Waals surface area contributed by atoms with Gasteiger partial charge in [-0.1, -0.05) is 65.2 Å². The van der Waals surface area contributed by atoms with E-state index in [0.717, 1.165) is 0 Å². The summed E-state index contributed by atoms with van der Waals surface area (Å²) in [6.45, 7) is 9.46. The highest BCUT2D eigenvalue weighted by Gasteiger charge is 2.22. The predicted molar refractivity (Wildman–Crippen MR) is 105 cm³/mol. The van der Waals surface area contributed by atoms with Crippen molar-refractivity contribution < 1.29 is 5.11 Å². The van der Waals surface area contributed by atoms with Gasteiger partial charge in [-0.25, -0.2) is 0 Å². The molecule has 1 radical (unpaired) electrons. The van der Waals surface area contributed by atoms with Crippen LogP contribution in [0.3, 0.4) is 0 Å². The van der Waals surface area contributed by atoms with E-state index in [2.05, 4.69) is 27.7 Å². The second-order valence-corrected chi connectivity index (χ2v) is 10.9. The molecular weight excluding hydrogens is 287 g/mol. The first-order chi connectivity index (χ1) is 10.6. The van der Waals surface area contributed by atoms with Gasteiger partial charge in [0.1, 0.15) is 5.75 Å². The molecule has 0 aliphatic heterocycles. The SMILES string of the molecule is CCCC[P](CC)(CCCC)CCCC.Oc1ccccc1. The molecule has 1 aromatic carbocycles. The van der Waals surface area contributed by atoms with Gasteiger partial charge in [-0.3, -0.25) is 0 Å². The number of benzene rings is 1. The average Bonchev–Trinajstić information content (AvgIpc) is 2.56. The Hall–Kier alpha value is -0.550. The Morgan fingerprint density at radius 2 is 1.14 bits per heavy atom. The van der Waals surface area contributed by atoms with Gasteiger partial charge in [0.15, 0.2) is 0 Å². The fraction of sp³-hybridized carbons (Fsp3) is 0.700. The molecule has 0 saturated carbocycles. The zero-order valence-electron chi connectivity index (χ0n) is 15.4. The van der Waals surface area contributed by atoms with Crippen molar-refractivity contribution in [2.45, 2.75) is 66.2 Å². The summed E-state index contributed by atoms with van der Waals surface area (Å²) in [5.74, 6) is 0.322. The van der Waals surface area contributed by atoms with Crippen molar-refractivity contribution in [3.05, 3.63) is 30.3 Å². The maximum absolute atomic E-state index is 8.63. The van der Waals surface area contributed by atoms with Gasteiger partial charge in [0, 0.05) is 0 Å². The monoisotopic (exact) mass is 325 g/mol. The summed E-state index contributed by atoms with van der Waals surface area (Å²) in [6.07, 6.45) is 14.9. The summed E-state index contributed by atoms with van der Waals surface area (Å²) in [7, 11) is -0.527. The average molecular weight is 325 g/mol. The Morgan fingerprint density at radius 1 is 0.727 bits per heavy atom. The fourth-order valence-corrected chi connectivity index (χ4v) is 7.30. The molecule has 0 aliphatic rings. The van der Waals surface area contributed by atoms with Crippen molar-refractivity contribution in [2.75, 3.05) is 24.6 Å². The minimum atomic E-state index is -0.527. The van der Waals surface area contributed by atoms with Crippen LogP contribution in [0.2, 0.25) is 0 Å². The second-order valence-electron chi connectivity index (χ2n) is 6.22. The van der Waals surface area contributed by atoms with E-state index in [0.29, 0.717) is 5.75 Å². The molecule has 0 fully saturated rings. The van der Waals surface area contributed by atoms with E-state index in [9.17, 15) is 0 Å². The molecule has 0 atom stereocenters. The van der Waals surface area contributed by atoms with Crippen molar-refractivity contribution in [3.63, 3.8) is 0 Å². The van der Waals surface area contributed by atoms with Crippen molar-refractivity contribution in [1.82, 2.24) is 0 Å². The third kappa shape index (κ3) is 10.2. The van der Waals surface area contributed by atoms with Crippen LogP contribution in [-0.4, -0.2) is 29.8 Å². The van der Waals surface area contributed by atoms with Crippen LogP contribution in [0.5, 0.6) is 5.75 Å². The Labute approximate surface area is 139 Å². The van der Waals surface area contributed by atoms with Crippen LogP contribution in [0.15, 0.2) is 30.3 Å². The molecule has 0 saturated heterocycles. The Bertz CT molecular complexity index is 315. The van der Waals surface area contributed by atoms with Gasteiger partial charge in [0.2, 0.25) is 0 Å². The predicted octanol–water partition coefficient (Wildman–Crippen LogP) is 6.82. The zero-order chi connectivity index (χ0) is 16.7. The molecule has 0 aliphatic carbocycles. The summed E-state index contributed by atoms with van der Waals surface area (Å²) in [5.41, 5.74) is 0. The highest BCUT2D eigenvalue weighted by atomic mass is 31.2. The number of para-hydroxylation sites is 1. The van der Waals surface area contributed by atoms with E-state index < -0.39 is 7.26 Å². The molecule has 0 amide bonds. The quantitative estimate of drug-likeness (QED) is 0.468. The van der Waals surface area contributed by atoms with Crippen LogP contribution in [0.4, 0.5) is 0 Å². The minimum absolute atomic E-state index is 0.322. The number of aromatic hydroxyl groups is 1. The van der Waals surface area contributed by atoms with Gasteiger partial charge in [0.25, 0.3) is 0 Å². The molecule has 0 aromatic heterocycles. The fourth-order valence-electron chi connectivity index (χ4n) is 2.72. The molecule has 0 unspecified atom stereocenters. The van der Waals surface area contributed by atoms with Gasteiger partial charge in [0.05, 0.1) is 0 Å². The topological polar surface area (TPSA) is 20.2 Å². The van der Waals surface area contributed by atoms with Crippen LogP contribution in [0.1, 0.15) is 66.2 Å². The van der Waals surface area contributed by atoms with E-state index in [4.69, 9.17) is 5.11 Å². The van der Waals surface area contributed by atoms with Gasteiger partial charge in [-0.2, -0.15) is 0 Å². The lowest BCUT2D eigenvalue weighted by Gasteiger charge is -2.36. The summed E-state index contributed by atoms with van der Waals surface area (Å²) >= 11 is 0. The number of hydrogen-bond acceptors (Lipinski definition) is 1. The summed E-state index contributed by atoms with van der Waals surface area (Å²) in [4.78, 5) is 0. The Kier molecular flexibility index (Phi) is 13.7. The van der Waals surface area contributed by atoms with E-state index in [1.54, 1.807) is 42.8 Å². The summed E-state index contributed by atoms with van der Waals surface area (Å²) in [6, 6.07) is 8.71. The van der Waals surface area contributed by atoms with Gasteiger partial charge < -0.3 is 5.11 Å². The normalized spacial score (nSPS) is 10.9. The van der Waals surface area contributed by atoms with Gasteiger partial charge >= 0.3 is 0 Å². The molecule has 22 heavy (non-hydrogen) atoms. The maximum atomic E-state index is 8.63. The first kappa shape index (κ1) is 21.4. The van der Waals surface area contributed by atoms with Crippen LogP contribution in [-0.2, 0) is 0 Å². The number of phenolic OH excluding ortho intramolecular Hbond substituents is 1. The van der Waals surface area contributed by atoms with E-state index in [-0.39, 0.29) is 0 Å². The number of rotatable bonds is 10. The molecule has 1 N–H and O–H groups in total. The smallest absolute Gasteiger partial charge is 0.115 e. The highest BCUT2D eigenvalue weighted by molar-refractivity contribution is 7.75. The maximum Gasteiger partial charge on any atom is 0.115 e. The lowest BCUT2D eigenvalue weighted by atomic mass is 10.3. The van der Waals surface area contributed by atoms with Gasteiger partial charge in [-0.05, 0) is 56.0 Å². The molecule has 0 heterocycles. The van der Waals surface area contributed by atoms with Crippen molar-refractivity contribution in [1.29, 1.82) is 0 Å². The lowest BCUT2D eigenvalue weighted by molar-refractivity contribution is 0.475. The Balaban J connectivity index is 0.000000518. The Morgan fingerprint density at radius 3 is 1.36 bits per heavy atom. The first-order valence-electron chi connectivity index (χ1n) is 9.23. The largest absolute Gasteiger partial charge is 0.508 e. The standard InChI is InChI=1S/C14H32P.C6H6O/c1-5-9-12-15(8-4,13-10-6-2)14-11-7-3;7-6-4-2-1-3-5-6/h5-14H2,1-4H3;1-5,7H. The molecular formula is C20H38OP.